The molecule has 1 aromatic carbocycles. The van der Waals surface area contributed by atoms with Crippen LogP contribution in [-0.4, -0.2) is 0 Å². The van der Waals surface area contributed by atoms with Crippen molar-refractivity contribution in [1.29, 1.82) is 0 Å². The van der Waals surface area contributed by atoms with Gasteiger partial charge in [0, 0.05) is 17.1 Å². The van der Waals surface area contributed by atoms with E-state index in [4.69, 9.17) is 0 Å². The van der Waals surface area contributed by atoms with E-state index in [1.165, 1.54) is 5.56 Å². The van der Waals surface area contributed by atoms with E-state index in [0.717, 1.165) is 6.42 Å². The summed E-state index contributed by atoms with van der Waals surface area (Å²) in [7, 11) is 0. The Kier molecular flexibility index (Phi) is 8.08. The van der Waals surface area contributed by atoms with E-state index in [9.17, 15) is 0 Å². The molecule has 0 saturated carbocycles. The molecule has 0 saturated heterocycles. The van der Waals surface area contributed by atoms with E-state index in [-0.39, 0.29) is 17.1 Å². The maximum Gasteiger partial charge on any atom is 0 e. The molecule has 0 N–H and O–H groups in total. The molecule has 0 heterocycles. The Morgan fingerprint density at radius 2 is 1.80 bits per heavy atom. The topological polar surface area (TPSA) is 0 Å². The molecular weight excluding hydrogens is 224 g/mol. The largest absolute Gasteiger partial charge is 0.273 e. The van der Waals surface area contributed by atoms with Crippen LogP contribution in [0, 0.1) is 6.08 Å². The molecule has 1 aliphatic carbocycles. The van der Waals surface area contributed by atoms with E-state index >= 15 is 0 Å². The first kappa shape index (κ1) is 14.2. The number of rotatable bonds is 1. The van der Waals surface area contributed by atoms with Crippen LogP contribution >= 0.6 is 0 Å². The van der Waals surface area contributed by atoms with Crippen molar-refractivity contribution in [3.05, 3.63) is 60.2 Å². The summed E-state index contributed by atoms with van der Waals surface area (Å²) in [5, 5.41) is 0. The summed E-state index contributed by atoms with van der Waals surface area (Å²) < 4.78 is 0. The molecule has 15 heavy (non-hydrogen) atoms. The number of allylic oxidation sites excluding steroid dienone is 4. The summed E-state index contributed by atoms with van der Waals surface area (Å²) in [4.78, 5) is 0. The predicted molar refractivity (Wildman–Crippen MR) is 62.1 cm³/mol. The summed E-state index contributed by atoms with van der Waals surface area (Å²) >= 11 is 0. The van der Waals surface area contributed by atoms with Gasteiger partial charge in [0.05, 0.1) is 0 Å². The average molecular weight is 241 g/mol. The average Bonchev–Trinajstić information content (AvgIpc) is 2.77. The molecule has 0 radical (unpaired) electrons. The molecule has 1 heteroatoms. The van der Waals surface area contributed by atoms with Gasteiger partial charge in [0.1, 0.15) is 0 Å². The molecule has 2 rings (SSSR count). The maximum atomic E-state index is 2.99. The minimum Gasteiger partial charge on any atom is -0.273 e. The van der Waals surface area contributed by atoms with Gasteiger partial charge in [-0.1, -0.05) is 44.2 Å². The van der Waals surface area contributed by atoms with Crippen molar-refractivity contribution in [2.24, 2.45) is 0 Å². The second-order valence-electron chi connectivity index (χ2n) is 3.57. The summed E-state index contributed by atoms with van der Waals surface area (Å²) in [5.41, 5.74) is 1.41. The van der Waals surface area contributed by atoms with Gasteiger partial charge in [-0.2, -0.15) is 6.08 Å². The maximum absolute atomic E-state index is 2.99. The van der Waals surface area contributed by atoms with E-state index < -0.39 is 0 Å². The van der Waals surface area contributed by atoms with Crippen LogP contribution in [0.15, 0.2) is 48.6 Å². The molecule has 0 nitrogen and oxygen atoms in total. The molecule has 0 spiro atoms. The number of hydrogen-bond donors (Lipinski definition) is 0. The Morgan fingerprint density at radius 1 is 1.13 bits per heavy atom. The SMILES string of the molecule is CC(C)c1ccccc1.[C-]1=CC=CC1.[Fe]. The molecule has 0 aromatic heterocycles. The van der Waals surface area contributed by atoms with Gasteiger partial charge in [0.2, 0.25) is 0 Å². The van der Waals surface area contributed by atoms with Crippen LogP contribution < -0.4 is 0 Å². The first-order valence-electron chi connectivity index (χ1n) is 5.07. The second kappa shape index (κ2) is 8.52. The zero-order chi connectivity index (χ0) is 10.2. The van der Waals surface area contributed by atoms with Crippen LogP contribution in [-0.2, 0) is 17.1 Å². The quantitative estimate of drug-likeness (QED) is 0.512. The summed E-state index contributed by atoms with van der Waals surface area (Å²) in [6.07, 6.45) is 10.0. The fourth-order valence-corrected chi connectivity index (χ4v) is 1.18. The van der Waals surface area contributed by atoms with Crippen LogP contribution in [0.1, 0.15) is 31.7 Å². The van der Waals surface area contributed by atoms with Crippen LogP contribution in [0.4, 0.5) is 0 Å². The third-order valence-electron chi connectivity index (χ3n) is 2.05. The Balaban J connectivity index is 0.000000280. The molecule has 0 unspecified atom stereocenters. The molecule has 82 valence electrons. The number of benzene rings is 1. The molecule has 0 fully saturated rings. The predicted octanol–water partition coefficient (Wildman–Crippen LogP) is 4.11. The Bertz CT molecular complexity index is 286. The smallest absolute Gasteiger partial charge is 0 e. The van der Waals surface area contributed by atoms with Gasteiger partial charge in [-0.15, -0.1) is 6.42 Å². The molecular formula is C14H17Fe-. The molecule has 0 amide bonds. The van der Waals surface area contributed by atoms with Gasteiger partial charge in [0.15, 0.2) is 0 Å². The van der Waals surface area contributed by atoms with Gasteiger partial charge < -0.3 is 0 Å². The first-order chi connectivity index (χ1) is 6.80. The monoisotopic (exact) mass is 241 g/mol. The van der Waals surface area contributed by atoms with E-state index in [0.29, 0.717) is 5.92 Å². The van der Waals surface area contributed by atoms with Gasteiger partial charge >= 0.3 is 0 Å². The molecule has 1 aromatic rings. The van der Waals surface area contributed by atoms with Crippen LogP contribution in [0.2, 0.25) is 0 Å². The van der Waals surface area contributed by atoms with Crippen molar-refractivity contribution in [3.63, 3.8) is 0 Å². The van der Waals surface area contributed by atoms with Gasteiger partial charge in [0.25, 0.3) is 0 Å². The normalized spacial score (nSPS) is 11.9. The van der Waals surface area contributed by atoms with Crippen molar-refractivity contribution in [2.75, 3.05) is 0 Å². The number of hydrogen-bond acceptors (Lipinski definition) is 0. The van der Waals surface area contributed by atoms with E-state index in [2.05, 4.69) is 50.3 Å². The van der Waals surface area contributed by atoms with E-state index in [1.807, 2.05) is 18.2 Å². The third kappa shape index (κ3) is 6.33. The first-order valence-corrected chi connectivity index (χ1v) is 5.07. The van der Waals surface area contributed by atoms with Crippen molar-refractivity contribution < 1.29 is 17.1 Å². The van der Waals surface area contributed by atoms with Crippen LogP contribution in [0.3, 0.4) is 0 Å². The van der Waals surface area contributed by atoms with Crippen LogP contribution in [0.25, 0.3) is 0 Å². The standard InChI is InChI=1S/C9H12.C5H5.Fe/c1-8(2)9-6-4-3-5-7-9;1-2-4-5-3-1;/h3-8H,1-2H3;1-3H,4H2;/q;-1;. The fraction of sp³-hybridized carbons (Fsp3) is 0.286. The minimum absolute atomic E-state index is 0. The summed E-state index contributed by atoms with van der Waals surface area (Å²) in [6.45, 7) is 4.41. The zero-order valence-electron chi connectivity index (χ0n) is 9.26. The summed E-state index contributed by atoms with van der Waals surface area (Å²) in [5.74, 6) is 0.659. The second-order valence-corrected chi connectivity index (χ2v) is 3.57. The van der Waals surface area contributed by atoms with Gasteiger partial charge in [-0.3, -0.25) is 6.08 Å². The fourth-order valence-electron chi connectivity index (χ4n) is 1.18. The summed E-state index contributed by atoms with van der Waals surface area (Å²) in [6, 6.07) is 10.5. The van der Waals surface area contributed by atoms with Gasteiger partial charge in [-0.05, 0) is 11.5 Å². The van der Waals surface area contributed by atoms with Crippen molar-refractivity contribution >= 4 is 0 Å². The third-order valence-corrected chi connectivity index (χ3v) is 2.05. The Hall–Kier alpha value is -0.781. The molecule has 0 atom stereocenters. The van der Waals surface area contributed by atoms with Crippen molar-refractivity contribution in [3.8, 4) is 0 Å². The van der Waals surface area contributed by atoms with Gasteiger partial charge in [-0.25, -0.2) is 12.2 Å². The molecule has 1 aliphatic rings. The molecule has 0 bridgehead atoms. The van der Waals surface area contributed by atoms with Crippen molar-refractivity contribution in [2.45, 2.75) is 26.2 Å². The minimum atomic E-state index is 0. The molecule has 0 aliphatic heterocycles. The van der Waals surface area contributed by atoms with Crippen molar-refractivity contribution in [1.82, 2.24) is 0 Å². The zero-order valence-corrected chi connectivity index (χ0v) is 10.4. The van der Waals surface area contributed by atoms with E-state index in [1.54, 1.807) is 0 Å². The van der Waals surface area contributed by atoms with Crippen LogP contribution in [0.5, 0.6) is 0 Å². The Morgan fingerprint density at radius 3 is 2.07 bits per heavy atom. The Labute approximate surface area is 104 Å².